The van der Waals surface area contributed by atoms with E-state index < -0.39 is 29.9 Å². The summed E-state index contributed by atoms with van der Waals surface area (Å²) >= 11 is 1.36. The van der Waals surface area contributed by atoms with Gasteiger partial charge in [0.2, 0.25) is 5.91 Å². The lowest BCUT2D eigenvalue weighted by atomic mass is 10.1. The molecule has 0 saturated carbocycles. The summed E-state index contributed by atoms with van der Waals surface area (Å²) in [5, 5.41) is 23.9. The molecule has 0 aromatic heterocycles. The molecule has 0 spiro atoms. The van der Waals surface area contributed by atoms with E-state index in [-0.39, 0.29) is 18.6 Å². The Morgan fingerprint density at radius 2 is 1.78 bits per heavy atom. The minimum atomic E-state index is -1.37. The highest BCUT2D eigenvalue weighted by molar-refractivity contribution is 7.98. The second-order valence-corrected chi connectivity index (χ2v) is 6.02. The van der Waals surface area contributed by atoms with Crippen LogP contribution < -0.4 is 21.3 Å². The van der Waals surface area contributed by atoms with E-state index in [0.717, 1.165) is 5.56 Å². The highest BCUT2D eigenvalue weighted by atomic mass is 32.2. The van der Waals surface area contributed by atoms with E-state index >= 15 is 0 Å². The number of hydrogen-bond donors (Lipinski definition) is 2. The van der Waals surface area contributed by atoms with Crippen molar-refractivity contribution in [3.63, 3.8) is 0 Å². The molecule has 0 aliphatic heterocycles. The first-order valence-corrected chi connectivity index (χ1v) is 8.21. The standard InChI is InChI=1S/C15H20N2O5S/c16-11(14(19)20)6-7-13(18)17-12(15(21)22)9-23-8-10-4-2-1-3-5-10/h1-5,11-12H,6-9,16H2,(H,17,18)(H,19,20)(H,21,22)/p-1/t11-,12-/m0/s1. The fraction of sp³-hybridized carbons (Fsp3) is 0.400. The van der Waals surface area contributed by atoms with E-state index in [1.54, 1.807) is 0 Å². The van der Waals surface area contributed by atoms with Crippen molar-refractivity contribution in [3.05, 3.63) is 35.9 Å². The number of benzene rings is 1. The molecule has 1 aromatic rings. The molecule has 0 heterocycles. The molecule has 8 heteroatoms. The Balaban J connectivity index is 2.38. The van der Waals surface area contributed by atoms with E-state index in [0.29, 0.717) is 5.75 Å². The summed E-state index contributed by atoms with van der Waals surface area (Å²) in [5.74, 6) is -2.48. The van der Waals surface area contributed by atoms with Gasteiger partial charge in [-0.15, -0.1) is 0 Å². The zero-order valence-corrected chi connectivity index (χ0v) is 13.3. The van der Waals surface area contributed by atoms with Gasteiger partial charge in [-0.2, -0.15) is 11.8 Å². The number of carbonyl (C=O) groups is 3. The smallest absolute Gasteiger partial charge is 0.220 e. The summed E-state index contributed by atoms with van der Waals surface area (Å²) in [4.78, 5) is 33.2. The van der Waals surface area contributed by atoms with Gasteiger partial charge < -0.3 is 30.9 Å². The van der Waals surface area contributed by atoms with Crippen LogP contribution in [0.1, 0.15) is 18.4 Å². The van der Waals surface area contributed by atoms with Gasteiger partial charge in [-0.1, -0.05) is 30.3 Å². The van der Waals surface area contributed by atoms with Gasteiger partial charge >= 0.3 is 0 Å². The zero-order valence-electron chi connectivity index (χ0n) is 12.5. The minimum absolute atomic E-state index is 0.00884. The number of carbonyl (C=O) groups excluding carboxylic acids is 3. The second-order valence-electron chi connectivity index (χ2n) is 4.99. The minimum Gasteiger partial charge on any atom is -0.548 e. The van der Waals surface area contributed by atoms with Crippen LogP contribution in [0.15, 0.2) is 30.3 Å². The lowest BCUT2D eigenvalue weighted by Crippen LogP contribution is -2.68. The molecule has 2 atom stereocenters. The maximum Gasteiger partial charge on any atom is 0.220 e. The summed E-state index contributed by atoms with van der Waals surface area (Å²) in [6.07, 6.45) is -0.139. The Labute approximate surface area is 138 Å². The lowest BCUT2D eigenvalue weighted by Gasteiger charge is -2.19. The molecule has 0 aliphatic carbocycles. The third kappa shape index (κ3) is 7.66. The number of thioether (sulfide) groups is 1. The van der Waals surface area contributed by atoms with Crippen LogP contribution >= 0.6 is 11.8 Å². The predicted molar refractivity (Wildman–Crippen MR) is 80.5 cm³/mol. The molecule has 126 valence electrons. The molecular formula is C15H19N2O5S-. The highest BCUT2D eigenvalue weighted by Crippen LogP contribution is 2.12. The molecule has 1 rings (SSSR count). The average Bonchev–Trinajstić information content (AvgIpc) is 2.52. The molecule has 4 N–H and O–H groups in total. The molecule has 0 aliphatic rings. The third-order valence-electron chi connectivity index (χ3n) is 3.07. The average molecular weight is 339 g/mol. The molecule has 0 unspecified atom stereocenters. The molecule has 1 amide bonds. The monoisotopic (exact) mass is 339 g/mol. The van der Waals surface area contributed by atoms with Crippen molar-refractivity contribution in [2.75, 3.05) is 5.75 Å². The van der Waals surface area contributed by atoms with Crippen LogP contribution in [0.4, 0.5) is 0 Å². The van der Waals surface area contributed by atoms with Gasteiger partial charge in [0.1, 0.15) is 6.04 Å². The highest BCUT2D eigenvalue weighted by Gasteiger charge is 2.16. The van der Waals surface area contributed by atoms with Crippen LogP contribution in [0.5, 0.6) is 0 Å². The maximum atomic E-state index is 11.7. The van der Waals surface area contributed by atoms with Gasteiger partial charge in [0.25, 0.3) is 0 Å². The summed E-state index contributed by atoms with van der Waals surface area (Å²) in [6.45, 7) is 0. The molecule has 7 nitrogen and oxygen atoms in total. The van der Waals surface area contributed by atoms with Crippen molar-refractivity contribution >= 4 is 29.6 Å². The molecular weight excluding hydrogens is 320 g/mol. The molecule has 0 bridgehead atoms. The van der Waals surface area contributed by atoms with Crippen molar-refractivity contribution in [2.45, 2.75) is 30.7 Å². The fourth-order valence-corrected chi connectivity index (χ4v) is 2.73. The van der Waals surface area contributed by atoms with Gasteiger partial charge in [-0.3, -0.25) is 4.79 Å². The number of aliphatic carboxylic acids is 2. The number of hydrogen-bond acceptors (Lipinski definition) is 6. The molecule has 1 aromatic carbocycles. The van der Waals surface area contributed by atoms with E-state index in [2.05, 4.69) is 11.1 Å². The quantitative estimate of drug-likeness (QED) is 0.476. The summed E-state index contributed by atoms with van der Waals surface area (Å²) < 4.78 is 0. The third-order valence-corrected chi connectivity index (χ3v) is 4.18. The maximum absolute atomic E-state index is 11.7. The van der Waals surface area contributed by atoms with Gasteiger partial charge in [0.05, 0.1) is 18.0 Å². The van der Waals surface area contributed by atoms with Crippen molar-refractivity contribution < 1.29 is 30.3 Å². The van der Waals surface area contributed by atoms with Crippen LogP contribution in [-0.4, -0.2) is 35.7 Å². The number of carboxylic acid groups (broad SMARTS) is 2. The van der Waals surface area contributed by atoms with Crippen molar-refractivity contribution in [1.29, 1.82) is 0 Å². The SMILES string of the molecule is [NH3+][C@@H](CCC(=O)N[C@@H](CSCc1ccccc1)C(=O)[O-])C(=O)[O-]. The van der Waals surface area contributed by atoms with Crippen molar-refractivity contribution in [1.82, 2.24) is 5.32 Å². The Hall–Kier alpha value is -2.06. The van der Waals surface area contributed by atoms with Crippen LogP contribution in [-0.2, 0) is 20.1 Å². The fourth-order valence-electron chi connectivity index (χ4n) is 1.73. The number of carboxylic acids is 2. The first-order valence-electron chi connectivity index (χ1n) is 7.06. The first kappa shape index (κ1) is 19.0. The van der Waals surface area contributed by atoms with Gasteiger partial charge in [0, 0.05) is 24.3 Å². The number of quaternary nitrogens is 1. The second kappa shape index (κ2) is 9.86. The number of amides is 1. The normalized spacial score (nSPS) is 13.1. The Morgan fingerprint density at radius 3 is 2.35 bits per heavy atom. The molecule has 0 saturated heterocycles. The number of rotatable bonds is 10. The van der Waals surface area contributed by atoms with Gasteiger partial charge in [-0.25, -0.2) is 0 Å². The van der Waals surface area contributed by atoms with Gasteiger partial charge in [0.15, 0.2) is 0 Å². The lowest BCUT2D eigenvalue weighted by molar-refractivity contribution is -0.438. The Bertz CT molecular complexity index is 538. The Kier molecular flexibility index (Phi) is 8.14. The van der Waals surface area contributed by atoms with Gasteiger partial charge in [-0.05, 0) is 5.56 Å². The first-order chi connectivity index (χ1) is 10.9. The zero-order chi connectivity index (χ0) is 17.2. The van der Waals surface area contributed by atoms with Crippen LogP contribution in [0.25, 0.3) is 0 Å². The summed E-state index contributed by atoms with van der Waals surface area (Å²) in [7, 11) is 0. The van der Waals surface area contributed by atoms with E-state index in [1.807, 2.05) is 30.3 Å². The summed E-state index contributed by atoms with van der Waals surface area (Å²) in [6, 6.07) is 7.39. The van der Waals surface area contributed by atoms with E-state index in [9.17, 15) is 24.6 Å². The van der Waals surface area contributed by atoms with Crippen LogP contribution in [0.3, 0.4) is 0 Å². The van der Waals surface area contributed by atoms with E-state index in [1.165, 1.54) is 11.8 Å². The topological polar surface area (TPSA) is 137 Å². The largest absolute Gasteiger partial charge is 0.548 e. The number of nitrogens with one attached hydrogen (secondary N) is 1. The summed E-state index contributed by atoms with van der Waals surface area (Å²) in [5.41, 5.74) is 4.38. The Morgan fingerprint density at radius 1 is 1.13 bits per heavy atom. The molecule has 0 radical (unpaired) electrons. The van der Waals surface area contributed by atoms with Crippen LogP contribution in [0.2, 0.25) is 0 Å². The predicted octanol–water partition coefficient (Wildman–Crippen LogP) is -2.70. The van der Waals surface area contributed by atoms with Crippen molar-refractivity contribution in [3.8, 4) is 0 Å². The molecule has 0 fully saturated rings. The van der Waals surface area contributed by atoms with Crippen molar-refractivity contribution in [2.24, 2.45) is 0 Å². The van der Waals surface area contributed by atoms with Crippen LogP contribution in [0, 0.1) is 0 Å². The van der Waals surface area contributed by atoms with E-state index in [4.69, 9.17) is 0 Å². The molecule has 23 heavy (non-hydrogen) atoms.